The van der Waals surface area contributed by atoms with E-state index in [0.29, 0.717) is 22.8 Å². The molecule has 2 amide bonds. The van der Waals surface area contributed by atoms with Crippen LogP contribution in [0.3, 0.4) is 0 Å². The average Bonchev–Trinajstić information content (AvgIpc) is 2.38. The highest BCUT2D eigenvalue weighted by Gasteiger charge is 2.09. The molecule has 1 aromatic rings. The van der Waals surface area contributed by atoms with Gasteiger partial charge in [0.1, 0.15) is 0 Å². The van der Waals surface area contributed by atoms with E-state index in [0.717, 1.165) is 17.0 Å². The van der Waals surface area contributed by atoms with Gasteiger partial charge >= 0.3 is 6.03 Å². The van der Waals surface area contributed by atoms with Gasteiger partial charge in [0.05, 0.1) is 22.8 Å². The molecule has 0 bridgehead atoms. The molecule has 10 heteroatoms. The molecule has 0 heterocycles. The normalized spacial score (nSPS) is 10.5. The first-order valence-electron chi connectivity index (χ1n) is 6.21. The summed E-state index contributed by atoms with van der Waals surface area (Å²) in [4.78, 5) is 11.5. The number of hydrogen-bond donors (Lipinski definition) is 3. The Balaban J connectivity index is 0.000000763. The molecule has 22 heavy (non-hydrogen) atoms. The molecule has 4 N–H and O–H groups in total. The molecule has 0 radical (unpaired) electrons. The topological polar surface area (TPSA) is 113 Å². The zero-order chi connectivity index (χ0) is 17.3. The fraction of sp³-hybridized carbons (Fsp3) is 0.417. The van der Waals surface area contributed by atoms with Crippen molar-refractivity contribution in [3.8, 4) is 0 Å². The lowest BCUT2D eigenvalue weighted by atomic mass is 10.2. The van der Waals surface area contributed by atoms with E-state index in [1.165, 1.54) is 0 Å². The van der Waals surface area contributed by atoms with Gasteiger partial charge in [-0.3, -0.25) is 9.56 Å². The minimum absolute atomic E-state index is 0.284. The Morgan fingerprint density at radius 2 is 1.91 bits per heavy atom. The molecule has 0 aliphatic carbocycles. The van der Waals surface area contributed by atoms with E-state index < -0.39 is 10.1 Å². The summed E-state index contributed by atoms with van der Waals surface area (Å²) in [5.74, 6) is 5.62. The Labute approximate surface area is 140 Å². The van der Waals surface area contributed by atoms with Crippen LogP contribution in [-0.2, 0) is 16.7 Å². The van der Waals surface area contributed by atoms with E-state index in [4.69, 9.17) is 33.6 Å². The average molecular weight is 372 g/mol. The van der Waals surface area contributed by atoms with Crippen molar-refractivity contribution in [3.05, 3.63) is 33.8 Å². The minimum atomic E-state index is -3.67. The minimum Gasteiger partial charge on any atom is -0.337 e. The molecule has 1 rings (SSSR count). The molecular weight excluding hydrogens is 353 g/mol. The summed E-state index contributed by atoms with van der Waals surface area (Å²) in [6, 6.07) is 4.84. The van der Waals surface area contributed by atoms with Gasteiger partial charge in [-0.05, 0) is 24.1 Å². The van der Waals surface area contributed by atoms with Crippen molar-refractivity contribution >= 4 is 39.4 Å². The largest absolute Gasteiger partial charge is 0.337 e. The second kappa shape index (κ2) is 9.86. The molecule has 0 unspecified atom stereocenters. The molecule has 0 saturated heterocycles. The van der Waals surface area contributed by atoms with Gasteiger partial charge in [-0.15, -0.1) is 0 Å². The monoisotopic (exact) mass is 371 g/mol. The molecule has 0 aliphatic heterocycles. The third-order valence-corrected chi connectivity index (χ3v) is 2.86. The smallest absolute Gasteiger partial charge is 0.331 e. The van der Waals surface area contributed by atoms with Crippen LogP contribution in [-0.4, -0.2) is 36.8 Å². The number of urea groups is 1. The van der Waals surface area contributed by atoms with Crippen LogP contribution >= 0.6 is 23.2 Å². The molecule has 7 nitrogen and oxygen atoms in total. The van der Waals surface area contributed by atoms with Gasteiger partial charge in [-0.2, -0.15) is 8.42 Å². The summed E-state index contributed by atoms with van der Waals surface area (Å²) < 4.78 is 25.9. The summed E-state index contributed by atoms with van der Waals surface area (Å²) in [6.07, 6.45) is 1.58. The molecule has 0 atom stereocenters. The van der Waals surface area contributed by atoms with Crippen molar-refractivity contribution in [1.29, 1.82) is 0 Å². The molecule has 0 fully saturated rings. The highest BCUT2D eigenvalue weighted by atomic mass is 35.5. The summed E-state index contributed by atoms with van der Waals surface area (Å²) in [5.41, 5.74) is 0.827. The molecule has 0 saturated carbocycles. The molecule has 1 aromatic carbocycles. The lowest BCUT2D eigenvalue weighted by molar-refractivity contribution is 0.196. The summed E-state index contributed by atoms with van der Waals surface area (Å²) in [6.45, 7) is 2.86. The van der Waals surface area contributed by atoms with Crippen LogP contribution < -0.4 is 11.2 Å². The first kappa shape index (κ1) is 20.9. The van der Waals surface area contributed by atoms with Crippen LogP contribution in [0.1, 0.15) is 18.9 Å². The van der Waals surface area contributed by atoms with E-state index in [1.807, 2.05) is 6.92 Å². The van der Waals surface area contributed by atoms with Gasteiger partial charge < -0.3 is 5.32 Å². The highest BCUT2D eigenvalue weighted by Crippen LogP contribution is 2.22. The quantitative estimate of drug-likeness (QED) is 0.325. The van der Waals surface area contributed by atoms with Crippen LogP contribution in [0.2, 0.25) is 10.0 Å². The van der Waals surface area contributed by atoms with Crippen molar-refractivity contribution in [2.75, 3.05) is 12.8 Å². The van der Waals surface area contributed by atoms with Crippen molar-refractivity contribution in [3.63, 3.8) is 0 Å². The van der Waals surface area contributed by atoms with Gasteiger partial charge in [-0.1, -0.05) is 36.2 Å². The number of carbonyl (C=O) groups excluding carboxylic acids is 1. The van der Waals surface area contributed by atoms with Crippen LogP contribution in [0.4, 0.5) is 4.79 Å². The maximum atomic E-state index is 11.5. The van der Waals surface area contributed by atoms with Gasteiger partial charge in [0.25, 0.3) is 10.1 Å². The zero-order valence-electron chi connectivity index (χ0n) is 12.2. The van der Waals surface area contributed by atoms with Crippen LogP contribution in [0.15, 0.2) is 18.2 Å². The van der Waals surface area contributed by atoms with Crippen molar-refractivity contribution in [2.45, 2.75) is 19.9 Å². The Bertz CT molecular complexity index is 588. The summed E-state index contributed by atoms with van der Waals surface area (Å²) >= 11 is 11.7. The van der Waals surface area contributed by atoms with E-state index >= 15 is 0 Å². The number of benzene rings is 1. The molecule has 0 spiro atoms. The SMILES string of the molecule is CCCNC(=O)N(N)Cc1ccc(Cl)c(Cl)c1.CS(=O)(=O)O. The standard InChI is InChI=1S/C11H15Cl2N3O.CH4O3S/c1-2-5-15-11(17)16(14)7-8-3-4-9(12)10(13)6-8;1-5(2,3)4/h3-4,6H,2,5,7,14H2,1H3,(H,15,17);1H3,(H,2,3,4). The zero-order valence-corrected chi connectivity index (χ0v) is 14.5. The number of nitrogens with zero attached hydrogens (tertiary/aromatic N) is 1. The van der Waals surface area contributed by atoms with Crippen molar-refractivity contribution in [2.24, 2.45) is 5.84 Å². The first-order chi connectivity index (χ1) is 10.0. The number of hydrazine groups is 1. The molecular formula is C12H19Cl2N3O4S. The van der Waals surface area contributed by atoms with Crippen LogP contribution in [0.25, 0.3) is 0 Å². The van der Waals surface area contributed by atoms with Crippen molar-refractivity contribution in [1.82, 2.24) is 10.3 Å². The fourth-order valence-electron chi connectivity index (χ4n) is 1.24. The third kappa shape index (κ3) is 10.6. The number of halogens is 2. The number of amides is 2. The molecule has 0 aromatic heterocycles. The predicted octanol–water partition coefficient (Wildman–Crippen LogP) is 2.29. The maximum Gasteiger partial charge on any atom is 0.331 e. The molecule has 126 valence electrons. The lowest BCUT2D eigenvalue weighted by Crippen LogP contribution is -2.44. The summed E-state index contributed by atoms with van der Waals surface area (Å²) in [5, 5.41) is 4.72. The maximum absolute atomic E-state index is 11.5. The van der Waals surface area contributed by atoms with Gasteiger partial charge in [0, 0.05) is 6.54 Å². The van der Waals surface area contributed by atoms with Gasteiger partial charge in [0.2, 0.25) is 0 Å². The van der Waals surface area contributed by atoms with Gasteiger partial charge in [0.15, 0.2) is 0 Å². The number of nitrogens with one attached hydrogen (secondary N) is 1. The third-order valence-electron chi connectivity index (χ3n) is 2.12. The number of carbonyl (C=O) groups is 1. The highest BCUT2D eigenvalue weighted by molar-refractivity contribution is 7.85. The van der Waals surface area contributed by atoms with Crippen molar-refractivity contribution < 1.29 is 17.8 Å². The second-order valence-corrected chi connectivity index (χ2v) is 6.62. The van der Waals surface area contributed by atoms with E-state index in [2.05, 4.69) is 5.32 Å². The number of hydrogen-bond acceptors (Lipinski definition) is 4. The molecule has 0 aliphatic rings. The number of rotatable bonds is 4. The van der Waals surface area contributed by atoms with Crippen LogP contribution in [0.5, 0.6) is 0 Å². The van der Waals surface area contributed by atoms with Gasteiger partial charge in [-0.25, -0.2) is 10.6 Å². The second-order valence-electron chi connectivity index (χ2n) is 4.34. The Hall–Kier alpha value is -1.06. The van der Waals surface area contributed by atoms with E-state index in [-0.39, 0.29) is 12.6 Å². The Morgan fingerprint density at radius 3 is 2.36 bits per heavy atom. The van der Waals surface area contributed by atoms with Crippen LogP contribution in [0, 0.1) is 0 Å². The lowest BCUT2D eigenvalue weighted by Gasteiger charge is -2.17. The Kier molecular flexibility index (Phi) is 9.38. The van der Waals surface area contributed by atoms with E-state index in [1.54, 1.807) is 18.2 Å². The summed E-state index contributed by atoms with van der Waals surface area (Å²) in [7, 11) is -3.67. The fourth-order valence-corrected chi connectivity index (χ4v) is 1.56. The number of nitrogens with two attached hydrogens (primary N) is 1. The predicted molar refractivity (Wildman–Crippen MR) is 87.4 cm³/mol. The first-order valence-corrected chi connectivity index (χ1v) is 8.81. The van der Waals surface area contributed by atoms with E-state index in [9.17, 15) is 13.2 Å². The Morgan fingerprint density at radius 1 is 1.36 bits per heavy atom.